The fraction of sp³-hybridized carbons (Fsp3) is 0.543. The third-order valence-electron chi connectivity index (χ3n) is 23.7. The second-order valence-electron chi connectivity index (χ2n) is 35.0. The van der Waals surface area contributed by atoms with E-state index < -0.39 is 134 Å². The van der Waals surface area contributed by atoms with Gasteiger partial charge >= 0.3 is 23.9 Å². The number of aliphatic hydroxyl groups is 3. The molecule has 0 radical (unpaired) electrons. The molecule has 2 aromatic heterocycles. The number of aromatic nitrogens is 6. The number of aromatic hydroxyl groups is 4. The van der Waals surface area contributed by atoms with E-state index in [9.17, 15) is 108 Å². The number of likely N-dealkylation sites (N-methyl/N-ethyl adjacent to an activating group) is 4. The first-order valence-electron chi connectivity index (χ1n) is 46.7. The third-order valence-corrected chi connectivity index (χ3v) is 23.7. The zero-order chi connectivity index (χ0) is 102. The van der Waals surface area contributed by atoms with Gasteiger partial charge in [-0.25, -0.2) is 14.4 Å². The van der Waals surface area contributed by atoms with Gasteiger partial charge < -0.3 is 93.2 Å². The van der Waals surface area contributed by atoms with Crippen LogP contribution in [0, 0.1) is 0 Å². The minimum absolute atomic E-state index is 0.0132. The Labute approximate surface area is 809 Å². The zero-order valence-electron chi connectivity index (χ0n) is 80.5. The molecule has 48 nitrogen and oxygen atoms in total. The minimum atomic E-state index is -1.82. The largest absolute Gasteiger partial charge is 0.508 e. The van der Waals surface area contributed by atoms with Crippen LogP contribution >= 0.6 is 0 Å². The highest BCUT2D eigenvalue weighted by Gasteiger charge is 2.36. The van der Waals surface area contributed by atoms with Gasteiger partial charge in [0.1, 0.15) is 53.2 Å². The number of carboxylic acid groups (broad SMARTS) is 1. The number of nitrogens with zero attached hydrogens (tertiary/aromatic N) is 15. The predicted molar refractivity (Wildman–Crippen MR) is 501 cm³/mol. The van der Waals surface area contributed by atoms with Crippen LogP contribution in [-0.2, 0) is 85.1 Å². The van der Waals surface area contributed by atoms with Gasteiger partial charge in [-0.2, -0.15) is 0 Å². The van der Waals surface area contributed by atoms with E-state index in [4.69, 9.17) is 14.5 Å². The van der Waals surface area contributed by atoms with Crippen LogP contribution in [0.15, 0.2) is 72.8 Å². The van der Waals surface area contributed by atoms with Crippen molar-refractivity contribution in [3.63, 3.8) is 0 Å². The molecule has 0 unspecified atom stereocenters. The van der Waals surface area contributed by atoms with Gasteiger partial charge in [-0.05, 0) is 138 Å². The number of unbranched alkanes of at least 4 members (excludes halogenated alkanes) is 1. The van der Waals surface area contributed by atoms with Crippen molar-refractivity contribution in [1.82, 2.24) is 117 Å². The highest BCUT2D eigenvalue weighted by molar-refractivity contribution is 5.96. The molecular formula is C92H131N23O25. The van der Waals surface area contributed by atoms with Crippen LogP contribution in [0.3, 0.4) is 0 Å². The summed E-state index contributed by atoms with van der Waals surface area (Å²) in [5, 5.41) is 121. The number of rotatable bonds is 48. The quantitative estimate of drug-likeness (QED) is 0.0189. The maximum atomic E-state index is 14.7. The molecule has 9 rings (SSSR count). The first kappa shape index (κ1) is 110. The Kier molecular flexibility index (Phi) is 42.2. The molecular weight excluding hydrogens is 1830 g/mol. The molecule has 16 N–H and O–H groups in total. The molecule has 5 atom stereocenters. The maximum Gasteiger partial charge on any atom is 0.346 e. The second-order valence-corrected chi connectivity index (χ2v) is 35.0. The average Bonchev–Trinajstić information content (AvgIpc) is 1.61. The summed E-state index contributed by atoms with van der Waals surface area (Å²) in [5.74, 6) is -11.6. The summed E-state index contributed by atoms with van der Waals surface area (Å²) in [4.78, 5) is 215. The molecule has 0 saturated carbocycles. The first-order chi connectivity index (χ1) is 66.8. The van der Waals surface area contributed by atoms with Crippen LogP contribution in [0.1, 0.15) is 155 Å². The highest BCUT2D eigenvalue weighted by Crippen LogP contribution is 2.40. The molecule has 3 fully saturated rings. The number of hydrogen-bond donors (Lipinski definition) is 16. The molecule has 5 heterocycles. The van der Waals surface area contributed by atoms with Gasteiger partial charge in [0, 0.05) is 167 Å². The van der Waals surface area contributed by atoms with E-state index in [0.29, 0.717) is 114 Å². The Balaban J connectivity index is 0.743. The SMILES string of the molecule is CCNC(=O)c1nnc(-c2cc(C(C)C)c(O)cc2O)n1-c1ccc(CN2CCN(C(=O)CCC(=O)N[C@@H](CCCCNC(=O)CCNC(=O)[C@H](CO)NC(=O)[C@H](CO)NC(=O)[C@H](CO)NC(=O)CC[C@H](C(=O)O)N(CC)CCN(C)CC(=O)ON3OC(=O)CN(C)CCN(C)CC(=O)O3)C(=O)N3CCN(Cc4ccc(-n5c(C(=O)NCC)nnc5-c5cc(C(C)C)c(O)cc5O)cc4)CC3)CC2)cc1. The lowest BCUT2D eigenvalue weighted by atomic mass is 9.98. The zero-order valence-corrected chi connectivity index (χ0v) is 80.5. The van der Waals surface area contributed by atoms with E-state index in [0.717, 1.165) is 11.1 Å². The van der Waals surface area contributed by atoms with E-state index in [1.54, 1.807) is 83.3 Å². The van der Waals surface area contributed by atoms with Crippen molar-refractivity contribution < 1.29 is 122 Å². The number of carbonyl (C=O) groups is 14. The third kappa shape index (κ3) is 31.8. The molecule has 4 aromatic carbocycles. The number of aliphatic hydroxyl groups excluding tert-OH is 3. The monoisotopic (exact) mass is 1960 g/mol. The summed E-state index contributed by atoms with van der Waals surface area (Å²) in [6.07, 6.45) is -0.732. The Hall–Kier alpha value is -13.5. The number of amides is 10. The highest BCUT2D eigenvalue weighted by atomic mass is 17.2. The standard InChI is InChI=1S/C92H131N23O25/c1-11-93-89(133)84-103-101-82(64-44-62(56(4)5)71(119)46-73(64)121)113(84)60-21-17-58(18-22-60)48-108-35-40-111(41-36-108)78(126)28-27-77(125)97-66(91(135)112-42-37-109(38-43-112)49-59-19-23-61(24-20-59)114-83(102-104-85(114)90(134)94-12-2)65-45-63(57(6)7)72(120)47-74(65)122)16-14-15-30-95-75(123)29-31-96-86(130)67(53-116)99-88(132)69(55-118)100-87(131)68(54-117)98-76(124)26-25-70(92(136)137)110(13-3)39-34-107(10)52-81(129)140-115-138-79(127)50-105(8)32-33-106(9)51-80(128)139-115/h17-24,44-47,56-57,66-70,116-122H,11-16,25-43,48-55H2,1-10H3,(H,93,133)(H,94,134)(H,95,123)(H,96,130)(H,97,125)(H,98,124)(H,99,132)(H,100,131)(H,136,137)/t66-,67-,68-,69-,70+/m0/s1. The van der Waals surface area contributed by atoms with Gasteiger partial charge in [-0.15, -0.1) is 20.4 Å². The molecule has 140 heavy (non-hydrogen) atoms. The van der Waals surface area contributed by atoms with E-state index >= 15 is 0 Å². The van der Waals surface area contributed by atoms with Gasteiger partial charge in [0.25, 0.3) is 11.8 Å². The van der Waals surface area contributed by atoms with Gasteiger partial charge in [0.15, 0.2) is 11.6 Å². The number of benzene rings is 4. The van der Waals surface area contributed by atoms with Crippen molar-refractivity contribution in [3.8, 4) is 57.1 Å². The van der Waals surface area contributed by atoms with Crippen molar-refractivity contribution in [1.29, 1.82) is 0 Å². The summed E-state index contributed by atoms with van der Waals surface area (Å²) in [6.45, 7) is 14.3. The van der Waals surface area contributed by atoms with Crippen LogP contribution in [-0.4, -0.2) is 400 Å². The summed E-state index contributed by atoms with van der Waals surface area (Å²) < 4.78 is 3.08. The maximum absolute atomic E-state index is 14.7. The molecule has 764 valence electrons. The Morgan fingerprint density at radius 1 is 0.486 bits per heavy atom. The van der Waals surface area contributed by atoms with Gasteiger partial charge in [0.2, 0.25) is 64.3 Å². The second kappa shape index (κ2) is 53.6. The lowest BCUT2D eigenvalue weighted by Gasteiger charge is -2.36. The number of hydrogen-bond acceptors (Lipinski definition) is 35. The van der Waals surface area contributed by atoms with E-state index in [1.807, 2.05) is 64.1 Å². The summed E-state index contributed by atoms with van der Waals surface area (Å²) in [7, 11) is 4.79. The Bertz CT molecular complexity index is 5250. The number of aliphatic carboxylic acids is 1. The van der Waals surface area contributed by atoms with Crippen molar-refractivity contribution in [2.45, 2.75) is 155 Å². The van der Waals surface area contributed by atoms with Gasteiger partial charge in [0.05, 0.1) is 50.6 Å². The topological polar surface area (TPSA) is 615 Å². The summed E-state index contributed by atoms with van der Waals surface area (Å²) in [5.41, 5.74) is 4.49. The van der Waals surface area contributed by atoms with Crippen molar-refractivity contribution >= 4 is 82.9 Å². The van der Waals surface area contributed by atoms with Crippen LogP contribution in [0.4, 0.5) is 0 Å². The first-order valence-corrected chi connectivity index (χ1v) is 46.7. The van der Waals surface area contributed by atoms with Crippen molar-refractivity contribution in [2.24, 2.45) is 0 Å². The Morgan fingerprint density at radius 2 is 0.943 bits per heavy atom. The molecule has 3 saturated heterocycles. The van der Waals surface area contributed by atoms with Crippen LogP contribution in [0.25, 0.3) is 34.2 Å². The average molecular weight is 1960 g/mol. The predicted octanol–water partition coefficient (Wildman–Crippen LogP) is -1.73. The van der Waals surface area contributed by atoms with Gasteiger partial charge in [-0.3, -0.25) is 106 Å². The number of nitrogens with one attached hydrogen (secondary N) is 8. The van der Waals surface area contributed by atoms with E-state index in [2.05, 4.69) is 72.7 Å². The summed E-state index contributed by atoms with van der Waals surface area (Å²) >= 11 is 0. The lowest BCUT2D eigenvalue weighted by Crippen LogP contribution is -2.59. The minimum Gasteiger partial charge on any atom is -0.508 e. The lowest BCUT2D eigenvalue weighted by molar-refractivity contribution is -0.464. The molecule has 0 aliphatic carbocycles. The fourth-order valence-electron chi connectivity index (χ4n) is 15.9. The van der Waals surface area contributed by atoms with Crippen molar-refractivity contribution in [3.05, 3.63) is 107 Å². The van der Waals surface area contributed by atoms with E-state index in [1.165, 1.54) is 33.5 Å². The molecule has 3 aliphatic rings. The number of phenols is 4. The molecule has 0 bridgehead atoms. The molecule has 3 aliphatic heterocycles. The van der Waals surface area contributed by atoms with E-state index in [-0.39, 0.29) is 177 Å². The van der Waals surface area contributed by atoms with Crippen LogP contribution in [0.5, 0.6) is 23.0 Å². The molecule has 10 amide bonds. The van der Waals surface area contributed by atoms with Crippen molar-refractivity contribution in [2.75, 3.05) is 172 Å². The fourth-order valence-corrected chi connectivity index (χ4v) is 15.9. The number of carboxylic acids is 1. The normalized spacial score (nSPS) is 15.6. The Morgan fingerprint density at radius 3 is 1.40 bits per heavy atom. The molecule has 48 heteroatoms. The smallest absolute Gasteiger partial charge is 0.346 e. The molecule has 0 spiro atoms. The number of phenolic OH excluding ortho intramolecular Hbond substituents is 4. The number of piperazine rings is 2. The molecule has 6 aromatic rings. The van der Waals surface area contributed by atoms with Crippen LogP contribution < -0.4 is 42.5 Å². The number of carbonyl (C=O) groups excluding carboxylic acids is 13. The van der Waals surface area contributed by atoms with Crippen LogP contribution in [0.2, 0.25) is 0 Å². The summed E-state index contributed by atoms with van der Waals surface area (Å²) in [6, 6.07) is 12.9. The van der Waals surface area contributed by atoms with Gasteiger partial charge in [-0.1, -0.05) is 58.9 Å².